The lowest BCUT2D eigenvalue weighted by molar-refractivity contribution is -0.117. The Hall–Kier alpha value is -1.46. The van der Waals surface area contributed by atoms with E-state index in [1.807, 2.05) is 6.92 Å². The second kappa shape index (κ2) is 7.36. The molecule has 2 N–H and O–H groups in total. The summed E-state index contributed by atoms with van der Waals surface area (Å²) in [5.74, 6) is 1.20. The first-order valence-corrected chi connectivity index (χ1v) is 6.43. The number of hydrogen-bond donors (Lipinski definition) is 2. The summed E-state index contributed by atoms with van der Waals surface area (Å²) in [5.41, 5.74) is 0.701. The fourth-order valence-electron chi connectivity index (χ4n) is 1.84. The number of benzene rings is 1. The number of ether oxygens (including phenoxy) is 2. The molecule has 1 unspecified atom stereocenters. The Balaban J connectivity index is 0.00000200. The van der Waals surface area contributed by atoms with Gasteiger partial charge in [0.2, 0.25) is 5.91 Å². The quantitative estimate of drug-likeness (QED) is 0.845. The fourth-order valence-corrected chi connectivity index (χ4v) is 1.84. The summed E-state index contributed by atoms with van der Waals surface area (Å²) in [4.78, 5) is 12.0. The first-order chi connectivity index (χ1) is 9.13. The molecule has 0 heterocycles. The van der Waals surface area contributed by atoms with Crippen LogP contribution in [0.5, 0.6) is 11.5 Å². The lowest BCUT2D eigenvalue weighted by Gasteiger charge is -2.14. The van der Waals surface area contributed by atoms with Gasteiger partial charge in [-0.3, -0.25) is 4.79 Å². The van der Waals surface area contributed by atoms with Gasteiger partial charge < -0.3 is 20.1 Å². The number of methoxy groups -OCH3 is 2. The third kappa shape index (κ3) is 4.28. The van der Waals surface area contributed by atoms with Crippen molar-refractivity contribution in [3.8, 4) is 11.5 Å². The molecule has 1 saturated carbocycles. The Morgan fingerprint density at radius 2 is 1.90 bits per heavy atom. The van der Waals surface area contributed by atoms with Crippen LogP contribution in [0.1, 0.15) is 19.8 Å². The van der Waals surface area contributed by atoms with Crippen molar-refractivity contribution in [3.63, 3.8) is 0 Å². The molecule has 5 nitrogen and oxygen atoms in total. The van der Waals surface area contributed by atoms with Crippen LogP contribution in [0, 0.1) is 0 Å². The fraction of sp³-hybridized carbons (Fsp3) is 0.500. The summed E-state index contributed by atoms with van der Waals surface area (Å²) in [7, 11) is 3.15. The summed E-state index contributed by atoms with van der Waals surface area (Å²) in [6.07, 6.45) is 2.32. The highest BCUT2D eigenvalue weighted by atomic mass is 35.5. The molecule has 2 rings (SSSR count). The van der Waals surface area contributed by atoms with Crippen LogP contribution in [0.2, 0.25) is 0 Å². The standard InChI is InChI=1S/C14H20N2O3.ClH/c1-9(15-10-4-5-10)14(17)16-11-6-7-12(18-2)13(8-11)19-3;/h6-10,15H,4-5H2,1-3H3,(H,16,17);1H. The lowest BCUT2D eigenvalue weighted by atomic mass is 10.2. The average Bonchev–Trinajstić information content (AvgIpc) is 3.22. The zero-order valence-corrected chi connectivity index (χ0v) is 12.8. The van der Waals surface area contributed by atoms with Crippen molar-refractivity contribution in [3.05, 3.63) is 18.2 Å². The van der Waals surface area contributed by atoms with Crippen LogP contribution < -0.4 is 20.1 Å². The van der Waals surface area contributed by atoms with Crippen LogP contribution in [0.15, 0.2) is 18.2 Å². The Morgan fingerprint density at radius 3 is 2.45 bits per heavy atom. The normalized spacial score (nSPS) is 14.9. The van der Waals surface area contributed by atoms with Crippen molar-refractivity contribution in [2.45, 2.75) is 31.8 Å². The third-order valence-corrected chi connectivity index (χ3v) is 3.11. The predicted molar refractivity (Wildman–Crippen MR) is 81.0 cm³/mol. The molecule has 1 aromatic carbocycles. The van der Waals surface area contributed by atoms with Crippen LogP contribution >= 0.6 is 12.4 Å². The van der Waals surface area contributed by atoms with Crippen LogP contribution in [0.4, 0.5) is 5.69 Å². The minimum Gasteiger partial charge on any atom is -0.493 e. The van der Waals surface area contributed by atoms with Crippen LogP contribution in [-0.2, 0) is 4.79 Å². The third-order valence-electron chi connectivity index (χ3n) is 3.11. The van der Waals surface area contributed by atoms with E-state index in [-0.39, 0.29) is 24.4 Å². The molecule has 0 radical (unpaired) electrons. The van der Waals surface area contributed by atoms with Crippen molar-refractivity contribution < 1.29 is 14.3 Å². The number of halogens is 1. The Labute approximate surface area is 125 Å². The zero-order chi connectivity index (χ0) is 13.8. The van der Waals surface area contributed by atoms with Gasteiger partial charge in [-0.15, -0.1) is 12.4 Å². The summed E-state index contributed by atoms with van der Waals surface area (Å²) in [5, 5.41) is 6.12. The van der Waals surface area contributed by atoms with E-state index in [4.69, 9.17) is 9.47 Å². The van der Waals surface area contributed by atoms with E-state index in [2.05, 4.69) is 10.6 Å². The molecule has 1 fully saturated rings. The van der Waals surface area contributed by atoms with E-state index >= 15 is 0 Å². The van der Waals surface area contributed by atoms with Crippen LogP contribution in [0.3, 0.4) is 0 Å². The topological polar surface area (TPSA) is 59.6 Å². The number of nitrogens with one attached hydrogen (secondary N) is 2. The molecule has 0 bridgehead atoms. The van der Waals surface area contributed by atoms with Crippen molar-refractivity contribution in [2.24, 2.45) is 0 Å². The van der Waals surface area contributed by atoms with Crippen LogP contribution in [0.25, 0.3) is 0 Å². The Morgan fingerprint density at radius 1 is 1.25 bits per heavy atom. The highest BCUT2D eigenvalue weighted by Gasteiger charge is 2.25. The number of carbonyl (C=O) groups is 1. The molecule has 0 saturated heterocycles. The first kappa shape index (κ1) is 16.6. The van der Waals surface area contributed by atoms with Gasteiger partial charge in [0.1, 0.15) is 0 Å². The molecule has 20 heavy (non-hydrogen) atoms. The number of amides is 1. The van der Waals surface area contributed by atoms with E-state index in [1.165, 1.54) is 0 Å². The molecule has 0 aromatic heterocycles. The van der Waals surface area contributed by atoms with Gasteiger partial charge in [-0.25, -0.2) is 0 Å². The van der Waals surface area contributed by atoms with Gasteiger partial charge in [0, 0.05) is 17.8 Å². The van der Waals surface area contributed by atoms with E-state index in [9.17, 15) is 4.79 Å². The maximum atomic E-state index is 12.0. The SMILES string of the molecule is COc1ccc(NC(=O)C(C)NC2CC2)cc1OC.Cl. The van der Waals surface area contributed by atoms with Gasteiger partial charge >= 0.3 is 0 Å². The van der Waals surface area contributed by atoms with Gasteiger partial charge in [-0.1, -0.05) is 0 Å². The number of rotatable bonds is 6. The van der Waals surface area contributed by atoms with Gasteiger partial charge in [0.25, 0.3) is 0 Å². The molecule has 1 aliphatic carbocycles. The summed E-state index contributed by atoms with van der Waals surface area (Å²) in [6, 6.07) is 5.63. The lowest BCUT2D eigenvalue weighted by Crippen LogP contribution is -2.39. The summed E-state index contributed by atoms with van der Waals surface area (Å²) >= 11 is 0. The van der Waals surface area contributed by atoms with Gasteiger partial charge in [-0.2, -0.15) is 0 Å². The average molecular weight is 301 g/mol. The highest BCUT2D eigenvalue weighted by molar-refractivity contribution is 5.94. The summed E-state index contributed by atoms with van der Waals surface area (Å²) in [6.45, 7) is 1.87. The molecule has 1 aliphatic rings. The highest BCUT2D eigenvalue weighted by Crippen LogP contribution is 2.29. The van der Waals surface area contributed by atoms with Crippen molar-refractivity contribution in [1.82, 2.24) is 5.32 Å². The molecule has 0 spiro atoms. The zero-order valence-electron chi connectivity index (χ0n) is 11.9. The maximum absolute atomic E-state index is 12.0. The van der Waals surface area contributed by atoms with Crippen molar-refractivity contribution in [2.75, 3.05) is 19.5 Å². The van der Waals surface area contributed by atoms with E-state index in [0.29, 0.717) is 23.2 Å². The number of carbonyl (C=O) groups excluding carboxylic acids is 1. The molecule has 112 valence electrons. The first-order valence-electron chi connectivity index (χ1n) is 6.43. The van der Waals surface area contributed by atoms with Gasteiger partial charge in [-0.05, 0) is 31.9 Å². The Bertz CT molecular complexity index is 464. The maximum Gasteiger partial charge on any atom is 0.241 e. The van der Waals surface area contributed by atoms with Crippen LogP contribution in [-0.4, -0.2) is 32.2 Å². The smallest absolute Gasteiger partial charge is 0.241 e. The second-order valence-corrected chi connectivity index (χ2v) is 4.72. The minimum absolute atomic E-state index is 0. The molecule has 1 amide bonds. The molecule has 0 aliphatic heterocycles. The van der Waals surface area contributed by atoms with Gasteiger partial charge in [0.15, 0.2) is 11.5 Å². The number of anilines is 1. The van der Waals surface area contributed by atoms with E-state index < -0.39 is 0 Å². The molecule has 1 atom stereocenters. The minimum atomic E-state index is -0.194. The second-order valence-electron chi connectivity index (χ2n) is 4.72. The molecule has 1 aromatic rings. The van der Waals surface area contributed by atoms with Crippen molar-refractivity contribution in [1.29, 1.82) is 0 Å². The van der Waals surface area contributed by atoms with E-state index in [1.54, 1.807) is 32.4 Å². The van der Waals surface area contributed by atoms with Crippen molar-refractivity contribution >= 4 is 24.0 Å². The molecular formula is C14H21ClN2O3. The largest absolute Gasteiger partial charge is 0.493 e. The monoisotopic (exact) mass is 300 g/mol. The Kier molecular flexibility index (Phi) is 6.10. The summed E-state index contributed by atoms with van der Waals surface area (Å²) < 4.78 is 10.4. The predicted octanol–water partition coefficient (Wildman–Crippen LogP) is 2.20. The van der Waals surface area contributed by atoms with Gasteiger partial charge in [0.05, 0.1) is 20.3 Å². The molecular weight excluding hydrogens is 280 g/mol. The number of hydrogen-bond acceptors (Lipinski definition) is 4. The van der Waals surface area contributed by atoms with E-state index in [0.717, 1.165) is 12.8 Å². The molecule has 6 heteroatoms.